The van der Waals surface area contributed by atoms with Gasteiger partial charge in [-0.1, -0.05) is 51.0 Å². The van der Waals surface area contributed by atoms with Crippen molar-refractivity contribution in [1.82, 2.24) is 5.32 Å². The lowest BCUT2D eigenvalue weighted by Crippen LogP contribution is -2.32. The molecule has 3 atom stereocenters. The van der Waals surface area contributed by atoms with Crippen molar-refractivity contribution < 1.29 is 0 Å². The molecule has 0 spiro atoms. The van der Waals surface area contributed by atoms with Crippen LogP contribution in [0.1, 0.15) is 69.4 Å². The van der Waals surface area contributed by atoms with Crippen LogP contribution in [0.5, 0.6) is 0 Å². The van der Waals surface area contributed by atoms with Gasteiger partial charge in [0.1, 0.15) is 0 Å². The molecule has 3 rings (SSSR count). The summed E-state index contributed by atoms with van der Waals surface area (Å²) in [5.41, 5.74) is 3.14. The van der Waals surface area contributed by atoms with E-state index in [-0.39, 0.29) is 0 Å². The second-order valence-electron chi connectivity index (χ2n) is 7.46. The summed E-state index contributed by atoms with van der Waals surface area (Å²) >= 11 is 0. The van der Waals surface area contributed by atoms with Gasteiger partial charge in [0, 0.05) is 6.04 Å². The maximum absolute atomic E-state index is 3.78. The highest BCUT2D eigenvalue weighted by Gasteiger charge is 2.31. The SMILES string of the molecule is CCCc1cccc(C2CC(C)CCC2CNC2CC2)c1. The lowest BCUT2D eigenvalue weighted by molar-refractivity contribution is 0.241. The zero-order valence-electron chi connectivity index (χ0n) is 13.8. The minimum Gasteiger partial charge on any atom is -0.314 e. The molecule has 0 heterocycles. The molecule has 1 heteroatoms. The van der Waals surface area contributed by atoms with Crippen molar-refractivity contribution in [2.24, 2.45) is 11.8 Å². The summed E-state index contributed by atoms with van der Waals surface area (Å²) in [6.45, 7) is 5.95. The van der Waals surface area contributed by atoms with Gasteiger partial charge in [-0.05, 0) is 67.5 Å². The Morgan fingerprint density at radius 2 is 2.00 bits per heavy atom. The summed E-state index contributed by atoms with van der Waals surface area (Å²) in [6, 6.07) is 10.3. The smallest absolute Gasteiger partial charge is 0.00683 e. The molecular formula is C20H31N. The largest absolute Gasteiger partial charge is 0.314 e. The van der Waals surface area contributed by atoms with E-state index in [1.165, 1.54) is 57.1 Å². The molecule has 0 bridgehead atoms. The Labute approximate surface area is 130 Å². The second kappa shape index (κ2) is 6.96. The van der Waals surface area contributed by atoms with Crippen LogP contribution >= 0.6 is 0 Å². The van der Waals surface area contributed by atoms with E-state index in [0.717, 1.165) is 23.8 Å². The van der Waals surface area contributed by atoms with Gasteiger partial charge in [0.15, 0.2) is 0 Å². The maximum Gasteiger partial charge on any atom is 0.00683 e. The van der Waals surface area contributed by atoms with Crippen molar-refractivity contribution >= 4 is 0 Å². The van der Waals surface area contributed by atoms with Crippen molar-refractivity contribution in [2.75, 3.05) is 6.54 Å². The molecule has 2 aliphatic rings. The number of benzene rings is 1. The Bertz CT molecular complexity index is 449. The second-order valence-corrected chi connectivity index (χ2v) is 7.46. The zero-order chi connectivity index (χ0) is 14.7. The first-order valence-electron chi connectivity index (χ1n) is 9.08. The average molecular weight is 285 g/mol. The monoisotopic (exact) mass is 285 g/mol. The Morgan fingerprint density at radius 1 is 1.14 bits per heavy atom. The highest BCUT2D eigenvalue weighted by molar-refractivity contribution is 5.27. The summed E-state index contributed by atoms with van der Waals surface area (Å²) in [7, 11) is 0. The summed E-state index contributed by atoms with van der Waals surface area (Å²) in [4.78, 5) is 0. The topological polar surface area (TPSA) is 12.0 Å². The number of hydrogen-bond donors (Lipinski definition) is 1. The summed E-state index contributed by atoms with van der Waals surface area (Å²) < 4.78 is 0. The summed E-state index contributed by atoms with van der Waals surface area (Å²) in [5.74, 6) is 2.51. The molecule has 0 aliphatic heterocycles. The third-order valence-electron chi connectivity index (χ3n) is 5.42. The van der Waals surface area contributed by atoms with Crippen LogP contribution in [0.2, 0.25) is 0 Å². The van der Waals surface area contributed by atoms with Gasteiger partial charge < -0.3 is 5.32 Å². The molecule has 1 aromatic rings. The number of nitrogens with one attached hydrogen (secondary N) is 1. The van der Waals surface area contributed by atoms with Crippen LogP contribution in [0.15, 0.2) is 24.3 Å². The van der Waals surface area contributed by atoms with E-state index in [2.05, 4.69) is 43.4 Å². The van der Waals surface area contributed by atoms with Gasteiger partial charge in [0.2, 0.25) is 0 Å². The Balaban J connectivity index is 1.72. The average Bonchev–Trinajstić information content (AvgIpc) is 3.31. The fourth-order valence-electron chi connectivity index (χ4n) is 3.97. The molecule has 116 valence electrons. The fourth-order valence-corrected chi connectivity index (χ4v) is 3.97. The predicted molar refractivity (Wildman–Crippen MR) is 90.7 cm³/mol. The van der Waals surface area contributed by atoms with E-state index in [1.54, 1.807) is 5.56 Å². The standard InChI is InChI=1S/C20H31N/c1-3-5-16-6-4-7-17(13-16)20-12-15(2)8-9-18(20)14-21-19-10-11-19/h4,6-7,13,15,18-21H,3,5,8-12,14H2,1-2H3. The molecule has 0 saturated heterocycles. The lowest BCUT2D eigenvalue weighted by atomic mass is 9.71. The molecular weight excluding hydrogens is 254 g/mol. The molecule has 2 aliphatic carbocycles. The lowest BCUT2D eigenvalue weighted by Gasteiger charge is -2.36. The van der Waals surface area contributed by atoms with Crippen LogP contribution in [0.25, 0.3) is 0 Å². The molecule has 0 radical (unpaired) electrons. The van der Waals surface area contributed by atoms with Gasteiger partial charge in [-0.25, -0.2) is 0 Å². The fraction of sp³-hybridized carbons (Fsp3) is 0.700. The van der Waals surface area contributed by atoms with Crippen LogP contribution in [0.3, 0.4) is 0 Å². The summed E-state index contributed by atoms with van der Waals surface area (Å²) in [6.07, 6.45) is 9.48. The van der Waals surface area contributed by atoms with Gasteiger partial charge in [0.25, 0.3) is 0 Å². The van der Waals surface area contributed by atoms with Crippen molar-refractivity contribution in [3.05, 3.63) is 35.4 Å². The van der Waals surface area contributed by atoms with E-state index < -0.39 is 0 Å². The summed E-state index contributed by atoms with van der Waals surface area (Å²) in [5, 5.41) is 3.78. The molecule has 3 unspecified atom stereocenters. The number of aryl methyl sites for hydroxylation is 1. The minimum absolute atomic E-state index is 0.775. The Hall–Kier alpha value is -0.820. The van der Waals surface area contributed by atoms with Gasteiger partial charge >= 0.3 is 0 Å². The maximum atomic E-state index is 3.78. The highest BCUT2D eigenvalue weighted by atomic mass is 14.9. The van der Waals surface area contributed by atoms with Gasteiger partial charge in [-0.2, -0.15) is 0 Å². The van der Waals surface area contributed by atoms with Gasteiger partial charge in [-0.15, -0.1) is 0 Å². The first-order valence-corrected chi connectivity index (χ1v) is 9.08. The van der Waals surface area contributed by atoms with Crippen LogP contribution < -0.4 is 5.32 Å². The third-order valence-corrected chi connectivity index (χ3v) is 5.42. The van der Waals surface area contributed by atoms with Crippen molar-refractivity contribution in [2.45, 2.75) is 70.8 Å². The van der Waals surface area contributed by atoms with E-state index in [4.69, 9.17) is 0 Å². The minimum atomic E-state index is 0.775. The predicted octanol–water partition coefficient (Wildman–Crippen LogP) is 4.91. The molecule has 1 N–H and O–H groups in total. The Morgan fingerprint density at radius 3 is 2.76 bits per heavy atom. The van der Waals surface area contributed by atoms with Crippen LogP contribution in [0, 0.1) is 11.8 Å². The normalized spacial score (nSPS) is 29.5. The van der Waals surface area contributed by atoms with Gasteiger partial charge in [0.05, 0.1) is 0 Å². The highest BCUT2D eigenvalue weighted by Crippen LogP contribution is 2.40. The first-order chi connectivity index (χ1) is 10.3. The molecule has 0 amide bonds. The van der Waals surface area contributed by atoms with Crippen LogP contribution in [-0.4, -0.2) is 12.6 Å². The van der Waals surface area contributed by atoms with Crippen molar-refractivity contribution in [1.29, 1.82) is 0 Å². The molecule has 1 nitrogen and oxygen atoms in total. The number of rotatable bonds is 6. The molecule has 0 aromatic heterocycles. The molecule has 1 aromatic carbocycles. The van der Waals surface area contributed by atoms with E-state index >= 15 is 0 Å². The number of hydrogen-bond acceptors (Lipinski definition) is 1. The van der Waals surface area contributed by atoms with E-state index in [0.29, 0.717) is 0 Å². The van der Waals surface area contributed by atoms with Crippen molar-refractivity contribution in [3.8, 4) is 0 Å². The quantitative estimate of drug-likeness (QED) is 0.783. The molecule has 21 heavy (non-hydrogen) atoms. The van der Waals surface area contributed by atoms with E-state index in [1.807, 2.05) is 0 Å². The van der Waals surface area contributed by atoms with Crippen LogP contribution in [-0.2, 0) is 6.42 Å². The third kappa shape index (κ3) is 4.10. The Kier molecular flexibility index (Phi) is 5.00. The van der Waals surface area contributed by atoms with Crippen LogP contribution in [0.4, 0.5) is 0 Å². The zero-order valence-corrected chi connectivity index (χ0v) is 13.8. The van der Waals surface area contributed by atoms with E-state index in [9.17, 15) is 0 Å². The first kappa shape index (κ1) is 15.1. The van der Waals surface area contributed by atoms with Gasteiger partial charge in [-0.3, -0.25) is 0 Å². The molecule has 2 saturated carbocycles. The molecule has 2 fully saturated rings. The van der Waals surface area contributed by atoms with Crippen molar-refractivity contribution in [3.63, 3.8) is 0 Å².